The van der Waals surface area contributed by atoms with E-state index in [1.165, 1.54) is 62.5 Å². The maximum absolute atomic E-state index is 6.20. The minimum Gasteiger partial charge on any atom is -0.373 e. The minimum atomic E-state index is 0.306. The molecule has 2 fully saturated rings. The molecule has 2 atom stereocenters. The fourth-order valence-electron chi connectivity index (χ4n) is 4.48. The molecule has 1 nitrogen and oxygen atoms in total. The standard InChI is InChI=1S/C24H36O/c1-3-5-20-12-15-23(16-13-20)24-17-14-22(18-25-24)11-10-21-8-6-19(4-2)7-9-21/h10-13,15-16,19,21-22,24H,3-9,14,17-18H2,1-2H3. The summed E-state index contributed by atoms with van der Waals surface area (Å²) >= 11 is 0. The van der Waals surface area contributed by atoms with E-state index in [4.69, 9.17) is 4.74 Å². The van der Waals surface area contributed by atoms with E-state index < -0.39 is 0 Å². The number of aryl methyl sites for hydroxylation is 1. The summed E-state index contributed by atoms with van der Waals surface area (Å²) in [6.45, 7) is 5.47. The molecule has 0 N–H and O–H groups in total. The molecule has 1 aromatic carbocycles. The lowest BCUT2D eigenvalue weighted by Crippen LogP contribution is -2.20. The second kappa shape index (κ2) is 9.57. The molecule has 0 bridgehead atoms. The van der Waals surface area contributed by atoms with Crippen molar-refractivity contribution < 1.29 is 4.74 Å². The second-order valence-corrected chi connectivity index (χ2v) is 8.22. The average Bonchev–Trinajstić information content (AvgIpc) is 2.68. The lowest BCUT2D eigenvalue weighted by Gasteiger charge is -2.29. The van der Waals surface area contributed by atoms with Gasteiger partial charge in [0.25, 0.3) is 0 Å². The topological polar surface area (TPSA) is 9.23 Å². The molecule has 1 aliphatic heterocycles. The van der Waals surface area contributed by atoms with Gasteiger partial charge >= 0.3 is 0 Å². The molecule has 0 aromatic heterocycles. The second-order valence-electron chi connectivity index (χ2n) is 8.22. The highest BCUT2D eigenvalue weighted by atomic mass is 16.5. The first kappa shape index (κ1) is 18.7. The van der Waals surface area contributed by atoms with Gasteiger partial charge in [-0.25, -0.2) is 0 Å². The zero-order chi connectivity index (χ0) is 17.5. The molecule has 1 heteroatoms. The highest BCUT2D eigenvalue weighted by Gasteiger charge is 2.22. The van der Waals surface area contributed by atoms with E-state index in [2.05, 4.69) is 50.3 Å². The molecule has 1 aromatic rings. The molecule has 2 unspecified atom stereocenters. The molecular formula is C24H36O. The van der Waals surface area contributed by atoms with Crippen LogP contribution in [0.3, 0.4) is 0 Å². The van der Waals surface area contributed by atoms with Crippen LogP contribution in [-0.4, -0.2) is 6.61 Å². The Bertz CT molecular complexity index is 514. The Hall–Kier alpha value is -1.08. The van der Waals surface area contributed by atoms with E-state index in [1.54, 1.807) is 0 Å². The van der Waals surface area contributed by atoms with E-state index in [0.717, 1.165) is 24.9 Å². The predicted molar refractivity (Wildman–Crippen MR) is 107 cm³/mol. The van der Waals surface area contributed by atoms with Crippen molar-refractivity contribution >= 4 is 0 Å². The smallest absolute Gasteiger partial charge is 0.0825 e. The van der Waals surface area contributed by atoms with Crippen molar-refractivity contribution in [3.8, 4) is 0 Å². The largest absolute Gasteiger partial charge is 0.373 e. The van der Waals surface area contributed by atoms with Crippen LogP contribution >= 0.6 is 0 Å². The fourth-order valence-corrected chi connectivity index (χ4v) is 4.48. The van der Waals surface area contributed by atoms with E-state index in [1.807, 2.05) is 0 Å². The number of hydrogen-bond acceptors (Lipinski definition) is 1. The highest BCUT2D eigenvalue weighted by Crippen LogP contribution is 2.34. The van der Waals surface area contributed by atoms with Gasteiger partial charge in [-0.05, 0) is 67.9 Å². The number of ether oxygens (including phenoxy) is 1. The Morgan fingerprint density at radius 2 is 1.56 bits per heavy atom. The molecule has 1 heterocycles. The third-order valence-electron chi connectivity index (χ3n) is 6.33. The summed E-state index contributed by atoms with van der Waals surface area (Å²) in [4.78, 5) is 0. The van der Waals surface area contributed by atoms with Crippen molar-refractivity contribution in [2.24, 2.45) is 17.8 Å². The van der Waals surface area contributed by atoms with Crippen molar-refractivity contribution in [1.29, 1.82) is 0 Å². The summed E-state index contributed by atoms with van der Waals surface area (Å²) in [5, 5.41) is 0. The van der Waals surface area contributed by atoms with E-state index in [-0.39, 0.29) is 0 Å². The Labute approximate surface area is 154 Å². The normalized spacial score (nSPS) is 30.6. The molecule has 138 valence electrons. The number of allylic oxidation sites excluding steroid dienone is 1. The monoisotopic (exact) mass is 340 g/mol. The van der Waals surface area contributed by atoms with Crippen molar-refractivity contribution in [2.75, 3.05) is 6.61 Å². The molecular weight excluding hydrogens is 304 g/mol. The molecule has 0 spiro atoms. The molecule has 2 aliphatic rings. The summed E-state index contributed by atoms with van der Waals surface area (Å²) in [5.41, 5.74) is 2.81. The van der Waals surface area contributed by atoms with E-state index in [0.29, 0.717) is 12.0 Å². The molecule has 1 saturated heterocycles. The minimum absolute atomic E-state index is 0.306. The lowest BCUT2D eigenvalue weighted by atomic mass is 9.80. The number of hydrogen-bond donors (Lipinski definition) is 0. The van der Waals surface area contributed by atoms with Crippen LogP contribution in [0.15, 0.2) is 36.4 Å². The van der Waals surface area contributed by atoms with Crippen LogP contribution in [0, 0.1) is 17.8 Å². The molecule has 0 amide bonds. The van der Waals surface area contributed by atoms with Crippen LogP contribution in [-0.2, 0) is 11.2 Å². The third-order valence-corrected chi connectivity index (χ3v) is 6.33. The van der Waals surface area contributed by atoms with Gasteiger partial charge in [-0.15, -0.1) is 0 Å². The molecule has 1 saturated carbocycles. The van der Waals surface area contributed by atoms with Gasteiger partial charge in [0, 0.05) is 5.92 Å². The summed E-state index contributed by atoms with van der Waals surface area (Å²) in [6.07, 6.45) is 17.1. The Morgan fingerprint density at radius 1 is 0.880 bits per heavy atom. The van der Waals surface area contributed by atoms with Crippen LogP contribution in [0.25, 0.3) is 0 Å². The van der Waals surface area contributed by atoms with Crippen molar-refractivity contribution in [1.82, 2.24) is 0 Å². The quantitative estimate of drug-likeness (QED) is 0.513. The van der Waals surface area contributed by atoms with Gasteiger partial charge in [0.2, 0.25) is 0 Å². The zero-order valence-electron chi connectivity index (χ0n) is 16.3. The van der Waals surface area contributed by atoms with Gasteiger partial charge in [-0.3, -0.25) is 0 Å². The summed E-state index contributed by atoms with van der Waals surface area (Å²) in [6, 6.07) is 9.11. The number of benzene rings is 1. The lowest BCUT2D eigenvalue weighted by molar-refractivity contribution is -0.00537. The molecule has 1 aliphatic carbocycles. The van der Waals surface area contributed by atoms with Crippen LogP contribution in [0.5, 0.6) is 0 Å². The van der Waals surface area contributed by atoms with Gasteiger partial charge in [-0.2, -0.15) is 0 Å². The maximum atomic E-state index is 6.20. The molecule has 25 heavy (non-hydrogen) atoms. The zero-order valence-corrected chi connectivity index (χ0v) is 16.3. The van der Waals surface area contributed by atoms with E-state index >= 15 is 0 Å². The van der Waals surface area contributed by atoms with Gasteiger partial charge in [-0.1, -0.05) is 63.1 Å². The molecule has 0 radical (unpaired) electrons. The third kappa shape index (κ3) is 5.45. The highest BCUT2D eigenvalue weighted by molar-refractivity contribution is 5.24. The van der Waals surface area contributed by atoms with Crippen LogP contribution in [0.1, 0.15) is 82.4 Å². The van der Waals surface area contributed by atoms with Crippen molar-refractivity contribution in [3.05, 3.63) is 47.5 Å². The van der Waals surface area contributed by atoms with Crippen LogP contribution < -0.4 is 0 Å². The van der Waals surface area contributed by atoms with Gasteiger partial charge < -0.3 is 4.74 Å². The predicted octanol–water partition coefficient (Wildman–Crippen LogP) is 6.88. The van der Waals surface area contributed by atoms with Crippen molar-refractivity contribution in [2.45, 2.75) is 77.7 Å². The Kier molecular flexibility index (Phi) is 7.16. The first-order valence-electron chi connectivity index (χ1n) is 10.7. The van der Waals surface area contributed by atoms with E-state index in [9.17, 15) is 0 Å². The Morgan fingerprint density at radius 3 is 2.16 bits per heavy atom. The Balaban J connectivity index is 1.43. The summed E-state index contributed by atoms with van der Waals surface area (Å²) in [5.74, 6) is 2.44. The average molecular weight is 341 g/mol. The first-order chi connectivity index (χ1) is 12.3. The van der Waals surface area contributed by atoms with Gasteiger partial charge in [0.1, 0.15) is 0 Å². The fraction of sp³-hybridized carbons (Fsp3) is 0.667. The molecule has 3 rings (SSSR count). The summed E-state index contributed by atoms with van der Waals surface area (Å²) in [7, 11) is 0. The van der Waals surface area contributed by atoms with Gasteiger partial charge in [0.05, 0.1) is 12.7 Å². The number of rotatable bonds is 6. The van der Waals surface area contributed by atoms with Crippen LogP contribution in [0.4, 0.5) is 0 Å². The SMILES string of the molecule is CCCc1ccc(C2CCC(C=CC3CCC(CC)CC3)CO2)cc1. The van der Waals surface area contributed by atoms with Crippen molar-refractivity contribution in [3.63, 3.8) is 0 Å². The first-order valence-corrected chi connectivity index (χ1v) is 10.7. The van der Waals surface area contributed by atoms with Gasteiger partial charge in [0.15, 0.2) is 0 Å². The maximum Gasteiger partial charge on any atom is 0.0825 e. The van der Waals surface area contributed by atoms with Crippen LogP contribution in [0.2, 0.25) is 0 Å². The summed E-state index contributed by atoms with van der Waals surface area (Å²) < 4.78 is 6.20.